The molecular formula is C15H23N. The van der Waals surface area contributed by atoms with Crippen molar-refractivity contribution in [2.45, 2.75) is 57.5 Å². The van der Waals surface area contributed by atoms with Crippen LogP contribution < -0.4 is 5.32 Å². The van der Waals surface area contributed by atoms with E-state index < -0.39 is 0 Å². The lowest BCUT2D eigenvalue weighted by atomic mass is 10.0. The molecule has 0 amide bonds. The third kappa shape index (κ3) is 2.46. The van der Waals surface area contributed by atoms with Crippen molar-refractivity contribution >= 4 is 0 Å². The van der Waals surface area contributed by atoms with Gasteiger partial charge in [0.2, 0.25) is 0 Å². The fourth-order valence-electron chi connectivity index (χ4n) is 2.52. The lowest BCUT2D eigenvalue weighted by Gasteiger charge is -2.25. The zero-order valence-electron chi connectivity index (χ0n) is 10.5. The van der Waals surface area contributed by atoms with Crippen LogP contribution in [0.2, 0.25) is 0 Å². The highest BCUT2D eigenvalue weighted by Crippen LogP contribution is 2.46. The van der Waals surface area contributed by atoms with Crippen LogP contribution in [-0.4, -0.2) is 6.04 Å². The second-order valence-corrected chi connectivity index (χ2v) is 4.99. The average molecular weight is 217 g/mol. The summed E-state index contributed by atoms with van der Waals surface area (Å²) in [7, 11) is 0. The van der Waals surface area contributed by atoms with Crippen LogP contribution in [0.1, 0.15) is 51.5 Å². The largest absolute Gasteiger partial charge is 0.305 e. The first-order valence-corrected chi connectivity index (χ1v) is 6.64. The molecule has 0 saturated heterocycles. The SMILES string of the molecule is CCCC(CC)NC1(c2ccccc2)CC1. The molecule has 0 bridgehead atoms. The van der Waals surface area contributed by atoms with Crippen LogP contribution in [0.5, 0.6) is 0 Å². The topological polar surface area (TPSA) is 12.0 Å². The minimum Gasteiger partial charge on any atom is -0.305 e. The number of hydrogen-bond acceptors (Lipinski definition) is 1. The molecule has 1 aromatic carbocycles. The van der Waals surface area contributed by atoms with E-state index >= 15 is 0 Å². The molecule has 16 heavy (non-hydrogen) atoms. The van der Waals surface area contributed by atoms with E-state index in [4.69, 9.17) is 0 Å². The second-order valence-electron chi connectivity index (χ2n) is 4.99. The van der Waals surface area contributed by atoms with E-state index in [-0.39, 0.29) is 0 Å². The molecule has 0 radical (unpaired) electrons. The Bertz CT molecular complexity index is 313. The zero-order chi connectivity index (χ0) is 11.4. The molecule has 0 aliphatic heterocycles. The van der Waals surface area contributed by atoms with Crippen LogP contribution >= 0.6 is 0 Å². The van der Waals surface area contributed by atoms with Gasteiger partial charge < -0.3 is 5.32 Å². The number of rotatable bonds is 6. The fourth-order valence-corrected chi connectivity index (χ4v) is 2.52. The maximum Gasteiger partial charge on any atom is 0.0438 e. The first-order valence-electron chi connectivity index (χ1n) is 6.64. The van der Waals surface area contributed by atoms with Crippen molar-refractivity contribution in [1.82, 2.24) is 5.32 Å². The van der Waals surface area contributed by atoms with Crippen molar-refractivity contribution in [2.24, 2.45) is 0 Å². The molecule has 1 aliphatic carbocycles. The predicted molar refractivity (Wildman–Crippen MR) is 69.5 cm³/mol. The summed E-state index contributed by atoms with van der Waals surface area (Å²) < 4.78 is 0. The zero-order valence-corrected chi connectivity index (χ0v) is 10.5. The molecule has 2 rings (SSSR count). The smallest absolute Gasteiger partial charge is 0.0438 e. The van der Waals surface area contributed by atoms with Gasteiger partial charge in [0, 0.05) is 11.6 Å². The molecule has 0 spiro atoms. The van der Waals surface area contributed by atoms with Crippen LogP contribution in [-0.2, 0) is 5.54 Å². The molecular weight excluding hydrogens is 194 g/mol. The van der Waals surface area contributed by atoms with Crippen molar-refractivity contribution in [3.05, 3.63) is 35.9 Å². The van der Waals surface area contributed by atoms with E-state index in [9.17, 15) is 0 Å². The number of benzene rings is 1. The van der Waals surface area contributed by atoms with Crippen LogP contribution in [0, 0.1) is 0 Å². The Morgan fingerprint density at radius 3 is 2.38 bits per heavy atom. The van der Waals surface area contributed by atoms with Crippen molar-refractivity contribution in [1.29, 1.82) is 0 Å². The second kappa shape index (κ2) is 5.01. The van der Waals surface area contributed by atoms with Crippen molar-refractivity contribution in [2.75, 3.05) is 0 Å². The van der Waals surface area contributed by atoms with Crippen LogP contribution in [0.25, 0.3) is 0 Å². The van der Waals surface area contributed by atoms with Gasteiger partial charge in [-0.2, -0.15) is 0 Å². The summed E-state index contributed by atoms with van der Waals surface area (Å²) in [5.74, 6) is 0. The summed E-state index contributed by atoms with van der Waals surface area (Å²) in [6.07, 6.45) is 6.42. The average Bonchev–Trinajstić information content (AvgIpc) is 3.11. The fraction of sp³-hybridized carbons (Fsp3) is 0.600. The summed E-state index contributed by atoms with van der Waals surface area (Å²) in [6, 6.07) is 11.6. The van der Waals surface area contributed by atoms with Gasteiger partial charge in [-0.25, -0.2) is 0 Å². The Hall–Kier alpha value is -0.820. The number of hydrogen-bond donors (Lipinski definition) is 1. The Morgan fingerprint density at radius 1 is 1.19 bits per heavy atom. The van der Waals surface area contributed by atoms with E-state index in [1.807, 2.05) is 0 Å². The minimum atomic E-state index is 0.317. The lowest BCUT2D eigenvalue weighted by molar-refractivity contribution is 0.387. The molecule has 0 heterocycles. The molecule has 1 atom stereocenters. The Morgan fingerprint density at radius 2 is 1.88 bits per heavy atom. The molecule has 1 heteroatoms. The predicted octanol–water partition coefficient (Wildman–Crippen LogP) is 3.84. The molecule has 1 fully saturated rings. The highest BCUT2D eigenvalue weighted by Gasteiger charge is 2.44. The van der Waals surface area contributed by atoms with E-state index in [0.717, 1.165) is 0 Å². The minimum absolute atomic E-state index is 0.317. The van der Waals surface area contributed by atoms with Gasteiger partial charge in [0.15, 0.2) is 0 Å². The third-order valence-electron chi connectivity index (χ3n) is 3.69. The first-order chi connectivity index (χ1) is 7.80. The first kappa shape index (κ1) is 11.7. The Balaban J connectivity index is 2.03. The molecule has 1 N–H and O–H groups in total. The van der Waals surface area contributed by atoms with Gasteiger partial charge in [-0.05, 0) is 31.2 Å². The summed E-state index contributed by atoms with van der Waals surface area (Å²) in [4.78, 5) is 0. The van der Waals surface area contributed by atoms with Crippen molar-refractivity contribution < 1.29 is 0 Å². The highest BCUT2D eigenvalue weighted by atomic mass is 15.0. The van der Waals surface area contributed by atoms with Gasteiger partial charge >= 0.3 is 0 Å². The van der Waals surface area contributed by atoms with Gasteiger partial charge in [-0.1, -0.05) is 50.6 Å². The maximum atomic E-state index is 3.87. The number of nitrogens with one attached hydrogen (secondary N) is 1. The molecule has 1 nitrogen and oxygen atoms in total. The van der Waals surface area contributed by atoms with E-state index in [1.165, 1.54) is 37.7 Å². The molecule has 1 unspecified atom stereocenters. The van der Waals surface area contributed by atoms with E-state index in [0.29, 0.717) is 11.6 Å². The quantitative estimate of drug-likeness (QED) is 0.763. The van der Waals surface area contributed by atoms with Crippen LogP contribution in [0.3, 0.4) is 0 Å². The molecule has 1 saturated carbocycles. The Kier molecular flexibility index (Phi) is 3.65. The third-order valence-corrected chi connectivity index (χ3v) is 3.69. The van der Waals surface area contributed by atoms with Crippen LogP contribution in [0.15, 0.2) is 30.3 Å². The van der Waals surface area contributed by atoms with Crippen LogP contribution in [0.4, 0.5) is 0 Å². The van der Waals surface area contributed by atoms with Gasteiger partial charge in [0.05, 0.1) is 0 Å². The summed E-state index contributed by atoms with van der Waals surface area (Å²) in [6.45, 7) is 4.56. The van der Waals surface area contributed by atoms with Gasteiger partial charge in [0.1, 0.15) is 0 Å². The van der Waals surface area contributed by atoms with E-state index in [1.54, 1.807) is 0 Å². The Labute approximate surface area is 99.3 Å². The normalized spacial score (nSPS) is 19.4. The summed E-state index contributed by atoms with van der Waals surface area (Å²) in [5, 5.41) is 3.87. The molecule has 1 aromatic rings. The van der Waals surface area contributed by atoms with Gasteiger partial charge in [-0.15, -0.1) is 0 Å². The molecule has 88 valence electrons. The standard InChI is InChI=1S/C15H23N/c1-3-8-14(4-2)16-15(11-12-15)13-9-6-5-7-10-13/h5-7,9-10,14,16H,3-4,8,11-12H2,1-2H3. The molecule has 1 aliphatic rings. The van der Waals surface area contributed by atoms with Crippen molar-refractivity contribution in [3.8, 4) is 0 Å². The highest BCUT2D eigenvalue weighted by molar-refractivity contribution is 5.30. The summed E-state index contributed by atoms with van der Waals surface area (Å²) >= 11 is 0. The maximum absolute atomic E-state index is 3.87. The van der Waals surface area contributed by atoms with E-state index in [2.05, 4.69) is 49.5 Å². The van der Waals surface area contributed by atoms with Crippen molar-refractivity contribution in [3.63, 3.8) is 0 Å². The van der Waals surface area contributed by atoms with Gasteiger partial charge in [0.25, 0.3) is 0 Å². The lowest BCUT2D eigenvalue weighted by Crippen LogP contribution is -2.38. The van der Waals surface area contributed by atoms with Gasteiger partial charge in [-0.3, -0.25) is 0 Å². The monoisotopic (exact) mass is 217 g/mol. The summed E-state index contributed by atoms with van der Waals surface area (Å²) in [5.41, 5.74) is 1.79. The molecule has 0 aromatic heterocycles.